The van der Waals surface area contributed by atoms with E-state index in [1.54, 1.807) is 12.7 Å². The highest BCUT2D eigenvalue weighted by molar-refractivity contribution is 6.31. The van der Waals surface area contributed by atoms with Crippen LogP contribution in [0.5, 0.6) is 0 Å². The molecule has 0 aliphatic rings. The van der Waals surface area contributed by atoms with Crippen molar-refractivity contribution in [3.8, 4) is 0 Å². The molecule has 0 saturated heterocycles. The smallest absolute Gasteiger partial charge is 0.172 e. The number of aliphatic imine (C=N–C) groups is 1. The summed E-state index contributed by atoms with van der Waals surface area (Å²) in [5.74, 6) is -0.398. The fourth-order valence-corrected chi connectivity index (χ4v) is 2.25. The first-order valence-corrected chi connectivity index (χ1v) is 7.44. The summed E-state index contributed by atoms with van der Waals surface area (Å²) in [4.78, 5) is 4.18. The summed E-state index contributed by atoms with van der Waals surface area (Å²) in [6.45, 7) is 0.726. The van der Waals surface area contributed by atoms with Crippen molar-refractivity contribution in [2.45, 2.75) is 19.4 Å². The fourth-order valence-electron chi connectivity index (χ4n) is 2.08. The third-order valence-electron chi connectivity index (χ3n) is 3.25. The van der Waals surface area contributed by atoms with Crippen LogP contribution in [0.25, 0.3) is 0 Å². The molecule has 0 fully saturated rings. The second kappa shape index (κ2) is 7.18. The third kappa shape index (κ3) is 3.74. The van der Waals surface area contributed by atoms with Gasteiger partial charge in [0.25, 0.3) is 0 Å². The van der Waals surface area contributed by atoms with Crippen molar-refractivity contribution in [1.29, 1.82) is 0 Å². The van der Waals surface area contributed by atoms with Crippen molar-refractivity contribution in [1.82, 2.24) is 25.1 Å². The van der Waals surface area contributed by atoms with E-state index in [4.69, 9.17) is 22.0 Å². The highest BCUT2D eigenvalue weighted by atomic mass is 35.5. The lowest BCUT2D eigenvalue weighted by Crippen LogP contribution is -2.16. The topological polar surface area (TPSA) is 108 Å². The zero-order valence-corrected chi connectivity index (χ0v) is 13.2. The zero-order chi connectivity index (χ0) is 16.9. The van der Waals surface area contributed by atoms with Gasteiger partial charge < -0.3 is 10.3 Å². The van der Waals surface area contributed by atoms with Crippen LogP contribution in [0, 0.1) is 5.82 Å². The molecule has 0 amide bonds. The average Bonchev–Trinajstić information content (AvgIpc) is 3.22. The molecule has 10 heteroatoms. The van der Waals surface area contributed by atoms with Gasteiger partial charge in [0.15, 0.2) is 11.5 Å². The van der Waals surface area contributed by atoms with Gasteiger partial charge in [-0.05, 0) is 36.2 Å². The Morgan fingerprint density at radius 2 is 2.08 bits per heavy atom. The molecule has 124 valence electrons. The van der Waals surface area contributed by atoms with E-state index in [1.165, 1.54) is 18.2 Å². The van der Waals surface area contributed by atoms with Crippen molar-refractivity contribution < 1.29 is 9.02 Å². The number of halogens is 2. The van der Waals surface area contributed by atoms with E-state index in [1.807, 2.05) is 4.57 Å². The van der Waals surface area contributed by atoms with Crippen molar-refractivity contribution in [2.24, 2.45) is 10.7 Å². The van der Waals surface area contributed by atoms with Crippen molar-refractivity contribution in [2.75, 3.05) is 0 Å². The van der Waals surface area contributed by atoms with Crippen LogP contribution in [0.15, 0.2) is 40.5 Å². The quantitative estimate of drug-likeness (QED) is 0.539. The van der Waals surface area contributed by atoms with Gasteiger partial charge in [-0.15, -0.1) is 10.2 Å². The minimum Gasteiger partial charge on any atom is -0.382 e. The molecule has 3 rings (SSSR count). The number of amidine groups is 1. The van der Waals surface area contributed by atoms with Gasteiger partial charge >= 0.3 is 0 Å². The minimum absolute atomic E-state index is 0.0310. The predicted molar refractivity (Wildman–Crippen MR) is 84.4 cm³/mol. The number of nitrogens with zero attached hydrogens (tertiary/aromatic N) is 6. The van der Waals surface area contributed by atoms with E-state index in [0.29, 0.717) is 23.5 Å². The lowest BCUT2D eigenvalue weighted by Gasteiger charge is -2.02. The molecule has 0 unspecified atom stereocenters. The number of nitrogens with two attached hydrogens (primary N) is 1. The van der Waals surface area contributed by atoms with E-state index in [2.05, 4.69) is 25.5 Å². The predicted octanol–water partition coefficient (Wildman–Crippen LogP) is 2.12. The summed E-state index contributed by atoms with van der Waals surface area (Å²) >= 11 is 5.73. The molecule has 2 aromatic heterocycles. The second-order valence-corrected chi connectivity index (χ2v) is 5.37. The molecule has 24 heavy (non-hydrogen) atoms. The second-order valence-electron chi connectivity index (χ2n) is 4.96. The van der Waals surface area contributed by atoms with Gasteiger partial charge in [-0.1, -0.05) is 16.8 Å². The average molecular weight is 350 g/mol. The molecule has 0 bridgehead atoms. The number of aryl methyl sites for hydroxylation is 2. The first-order valence-electron chi connectivity index (χ1n) is 7.07. The molecular weight excluding hydrogens is 337 g/mol. The monoisotopic (exact) mass is 349 g/mol. The number of hydrogen-bond acceptors (Lipinski definition) is 6. The van der Waals surface area contributed by atoms with E-state index in [0.717, 1.165) is 13.0 Å². The van der Waals surface area contributed by atoms with Gasteiger partial charge in [-0.3, -0.25) is 0 Å². The fraction of sp³-hybridized carbons (Fsp3) is 0.214. The normalized spacial score (nSPS) is 11.8. The summed E-state index contributed by atoms with van der Waals surface area (Å²) in [5, 5.41) is 15.1. The molecule has 0 atom stereocenters. The van der Waals surface area contributed by atoms with Crippen LogP contribution in [0.4, 0.5) is 10.1 Å². The van der Waals surface area contributed by atoms with E-state index in [-0.39, 0.29) is 10.9 Å². The van der Waals surface area contributed by atoms with Gasteiger partial charge in [0, 0.05) is 6.54 Å². The van der Waals surface area contributed by atoms with Gasteiger partial charge in [0.1, 0.15) is 24.2 Å². The van der Waals surface area contributed by atoms with Crippen LogP contribution in [0.3, 0.4) is 0 Å². The van der Waals surface area contributed by atoms with E-state index < -0.39 is 5.82 Å². The summed E-state index contributed by atoms with van der Waals surface area (Å²) in [6.07, 6.45) is 4.64. The number of aromatic nitrogens is 5. The van der Waals surface area contributed by atoms with Crippen LogP contribution in [-0.4, -0.2) is 30.9 Å². The largest absolute Gasteiger partial charge is 0.382 e. The molecule has 0 spiro atoms. The first-order chi connectivity index (χ1) is 11.6. The molecule has 0 aliphatic carbocycles. The van der Waals surface area contributed by atoms with Crippen LogP contribution < -0.4 is 5.73 Å². The van der Waals surface area contributed by atoms with Crippen molar-refractivity contribution in [3.63, 3.8) is 0 Å². The third-order valence-corrected chi connectivity index (χ3v) is 3.54. The maximum absolute atomic E-state index is 13.2. The Morgan fingerprint density at radius 1 is 1.29 bits per heavy atom. The Bertz CT molecular complexity index is 847. The Morgan fingerprint density at radius 3 is 2.83 bits per heavy atom. The van der Waals surface area contributed by atoms with Gasteiger partial charge in [0.2, 0.25) is 0 Å². The Kier molecular flexibility index (Phi) is 4.80. The highest BCUT2D eigenvalue weighted by Gasteiger charge is 2.14. The summed E-state index contributed by atoms with van der Waals surface area (Å²) in [7, 11) is 0. The minimum atomic E-state index is -0.521. The van der Waals surface area contributed by atoms with Crippen LogP contribution in [0.1, 0.15) is 17.8 Å². The molecule has 8 nitrogen and oxygen atoms in total. The SMILES string of the molecule is NC(=Nc1ccc(F)c(Cl)c1)c1nonc1CCCn1cnnc1. The van der Waals surface area contributed by atoms with Gasteiger partial charge in [0.05, 0.1) is 10.7 Å². The van der Waals surface area contributed by atoms with Gasteiger partial charge in [-0.2, -0.15) is 0 Å². The summed E-state index contributed by atoms with van der Waals surface area (Å²) in [6, 6.07) is 4.06. The Balaban J connectivity index is 1.71. The summed E-state index contributed by atoms with van der Waals surface area (Å²) < 4.78 is 19.8. The first kappa shape index (κ1) is 16.1. The Labute approximate surface area is 141 Å². The highest BCUT2D eigenvalue weighted by Crippen LogP contribution is 2.22. The molecule has 2 N–H and O–H groups in total. The van der Waals surface area contributed by atoms with Crippen LogP contribution in [0.2, 0.25) is 5.02 Å². The Hall–Kier alpha value is -2.81. The van der Waals surface area contributed by atoms with Crippen LogP contribution in [-0.2, 0) is 13.0 Å². The van der Waals surface area contributed by atoms with Crippen molar-refractivity contribution in [3.05, 3.63) is 53.1 Å². The lowest BCUT2D eigenvalue weighted by atomic mass is 10.2. The zero-order valence-electron chi connectivity index (χ0n) is 12.4. The van der Waals surface area contributed by atoms with Crippen molar-refractivity contribution >= 4 is 23.1 Å². The maximum atomic E-state index is 13.2. The van der Waals surface area contributed by atoms with Gasteiger partial charge in [-0.25, -0.2) is 14.0 Å². The molecule has 0 aliphatic heterocycles. The number of rotatable bonds is 6. The molecule has 1 aromatic carbocycles. The van der Waals surface area contributed by atoms with E-state index in [9.17, 15) is 4.39 Å². The standard InChI is InChI=1S/C14H13ClFN7O/c15-10-6-9(3-4-11(10)16)20-14(17)13-12(21-24-22-13)2-1-5-23-7-18-19-8-23/h3-4,6-8H,1-2,5H2,(H2,17,20). The molecule has 3 aromatic rings. The van der Waals surface area contributed by atoms with E-state index >= 15 is 0 Å². The molecule has 0 radical (unpaired) electrons. The summed E-state index contributed by atoms with van der Waals surface area (Å²) in [5.41, 5.74) is 7.32. The number of benzene rings is 1. The number of hydrogen-bond donors (Lipinski definition) is 1. The van der Waals surface area contributed by atoms with Crippen LogP contribution >= 0.6 is 11.6 Å². The lowest BCUT2D eigenvalue weighted by molar-refractivity contribution is 0.302. The molecule has 0 saturated carbocycles. The molecular formula is C14H13ClFN7O. The maximum Gasteiger partial charge on any atom is 0.172 e. The molecule has 2 heterocycles.